The number of carbonyl (C=O) groups excluding carboxylic acids is 1. The molecule has 2 aromatic carbocycles. The second kappa shape index (κ2) is 11.3. The number of carbonyl (C=O) groups is 1. The Morgan fingerprint density at radius 3 is 2.32 bits per heavy atom. The minimum atomic E-state index is -3.80. The zero-order chi connectivity index (χ0) is 27.0. The number of benzene rings is 2. The van der Waals surface area contributed by atoms with Crippen molar-refractivity contribution in [3.05, 3.63) is 62.9 Å². The van der Waals surface area contributed by atoms with Crippen molar-refractivity contribution >= 4 is 39.1 Å². The van der Waals surface area contributed by atoms with Crippen LogP contribution in [0.15, 0.2) is 30.3 Å². The molecular weight excluding hydrogens is 554 g/mol. The summed E-state index contributed by atoms with van der Waals surface area (Å²) < 4.78 is 51.1. The van der Waals surface area contributed by atoms with E-state index in [-0.39, 0.29) is 17.5 Å². The van der Waals surface area contributed by atoms with Crippen LogP contribution in [-0.2, 0) is 14.8 Å². The zero-order valence-electron chi connectivity index (χ0n) is 21.1. The van der Waals surface area contributed by atoms with E-state index < -0.39 is 21.7 Å². The predicted octanol–water partition coefficient (Wildman–Crippen LogP) is 5.18. The lowest BCUT2D eigenvalue weighted by Crippen LogP contribution is -2.46. The van der Waals surface area contributed by atoms with Gasteiger partial charge in [-0.2, -0.15) is 0 Å². The van der Waals surface area contributed by atoms with E-state index in [2.05, 4.69) is 4.90 Å². The molecule has 1 saturated carbocycles. The third-order valence-corrected chi connectivity index (χ3v) is 8.49. The van der Waals surface area contributed by atoms with Gasteiger partial charge in [0.15, 0.2) is 0 Å². The van der Waals surface area contributed by atoms with Crippen LogP contribution in [0.1, 0.15) is 59.1 Å². The number of hydrogen-bond acceptors (Lipinski definition) is 6. The van der Waals surface area contributed by atoms with Crippen molar-refractivity contribution in [2.75, 3.05) is 39.2 Å². The molecule has 1 N–H and O–H groups in total. The first-order chi connectivity index (χ1) is 18.1. The molecule has 2 saturated heterocycles. The topological polar surface area (TPSA) is 84.9 Å². The number of nitrogens with one attached hydrogen (secondary N) is 1. The van der Waals surface area contributed by atoms with E-state index in [1.54, 1.807) is 6.07 Å². The number of hydrogen-bond donors (Lipinski definition) is 1. The molecule has 1 aliphatic carbocycles. The van der Waals surface area contributed by atoms with Gasteiger partial charge in [-0.05, 0) is 86.0 Å². The maximum atomic E-state index is 14.8. The van der Waals surface area contributed by atoms with Crippen LogP contribution in [0.2, 0.25) is 10.0 Å². The average molecular weight is 586 g/mol. The van der Waals surface area contributed by atoms with Gasteiger partial charge in [-0.15, -0.1) is 0 Å². The van der Waals surface area contributed by atoms with Crippen LogP contribution in [0, 0.1) is 17.7 Å². The van der Waals surface area contributed by atoms with Crippen molar-refractivity contribution in [2.24, 2.45) is 11.8 Å². The monoisotopic (exact) mass is 584 g/mol. The molecule has 2 aliphatic heterocycles. The standard InChI is InChI=1S/C27H31Cl2FN2O5S/c1-38(34,35)31-27(33)23-11-22(17-2-3-17)25(12-24(23)30)37-13-16-4-6-32(7-5-16)26(19-14-36-15-19)18-8-20(28)10-21(29)9-18/h8-12,16-17,19,26H,2-7,13-15H2,1H3,(H,31,33)/t26-/m1/s1. The maximum absolute atomic E-state index is 14.8. The van der Waals surface area contributed by atoms with E-state index in [1.807, 2.05) is 16.9 Å². The SMILES string of the molecule is CS(=O)(=O)NC(=O)c1cc(C2CC2)c(OCC2CCN([C@H](c3cc(Cl)cc(Cl)c3)C3COC3)CC2)cc1F. The smallest absolute Gasteiger partial charge is 0.267 e. The Morgan fingerprint density at radius 1 is 1.11 bits per heavy atom. The lowest BCUT2D eigenvalue weighted by molar-refractivity contribution is -0.0816. The summed E-state index contributed by atoms with van der Waals surface area (Å²) in [6, 6.07) is 8.55. The fourth-order valence-corrected chi connectivity index (χ4v) is 6.37. The van der Waals surface area contributed by atoms with E-state index in [0.717, 1.165) is 56.2 Å². The average Bonchev–Trinajstić information content (AvgIpc) is 3.64. The summed E-state index contributed by atoms with van der Waals surface area (Å²) in [5.74, 6) is -0.464. The second-order valence-electron chi connectivity index (χ2n) is 10.6. The Hall–Kier alpha value is -1.91. The van der Waals surface area contributed by atoms with Crippen molar-refractivity contribution in [3.8, 4) is 5.75 Å². The summed E-state index contributed by atoms with van der Waals surface area (Å²) in [7, 11) is -3.80. The van der Waals surface area contributed by atoms with Crippen molar-refractivity contribution in [3.63, 3.8) is 0 Å². The first kappa shape index (κ1) is 27.6. The second-order valence-corrected chi connectivity index (χ2v) is 13.2. The van der Waals surface area contributed by atoms with Crippen LogP contribution in [0.4, 0.5) is 4.39 Å². The lowest BCUT2D eigenvalue weighted by Gasteiger charge is -2.44. The van der Waals surface area contributed by atoms with Gasteiger partial charge in [-0.1, -0.05) is 23.2 Å². The molecule has 11 heteroatoms. The number of nitrogens with zero attached hydrogens (tertiary/aromatic N) is 1. The highest BCUT2D eigenvalue weighted by molar-refractivity contribution is 7.89. The molecule has 7 nitrogen and oxygen atoms in total. The third kappa shape index (κ3) is 6.62. The molecule has 0 spiro atoms. The van der Waals surface area contributed by atoms with E-state index in [4.69, 9.17) is 32.7 Å². The summed E-state index contributed by atoms with van der Waals surface area (Å²) in [6.07, 6.45) is 4.56. The largest absolute Gasteiger partial charge is 0.493 e. The zero-order valence-corrected chi connectivity index (χ0v) is 23.4. The van der Waals surface area contributed by atoms with Gasteiger partial charge in [0.2, 0.25) is 10.0 Å². The molecule has 5 rings (SSSR count). The summed E-state index contributed by atoms with van der Waals surface area (Å²) in [5.41, 5.74) is 1.57. The van der Waals surface area contributed by atoms with Gasteiger partial charge in [-0.25, -0.2) is 17.5 Å². The van der Waals surface area contributed by atoms with Crippen molar-refractivity contribution in [1.29, 1.82) is 0 Å². The van der Waals surface area contributed by atoms with Gasteiger partial charge in [0.05, 0.1) is 31.6 Å². The van der Waals surface area contributed by atoms with Crippen LogP contribution in [0.5, 0.6) is 5.75 Å². The molecule has 1 amide bonds. The predicted molar refractivity (Wildman–Crippen MR) is 144 cm³/mol. The van der Waals surface area contributed by atoms with Crippen LogP contribution in [-0.4, -0.2) is 58.4 Å². The number of rotatable bonds is 9. The molecule has 0 bridgehead atoms. The Balaban J connectivity index is 1.23. The molecule has 0 aromatic heterocycles. The van der Waals surface area contributed by atoms with Crippen LogP contribution in [0.25, 0.3) is 0 Å². The molecule has 0 radical (unpaired) electrons. The molecular formula is C27H31Cl2FN2O5S. The van der Waals surface area contributed by atoms with Crippen molar-refractivity contribution in [1.82, 2.24) is 9.62 Å². The number of likely N-dealkylation sites (tertiary alicyclic amines) is 1. The number of sulfonamides is 1. The molecule has 3 fully saturated rings. The Kier molecular flexibility index (Phi) is 8.22. The molecule has 0 unspecified atom stereocenters. The van der Waals surface area contributed by atoms with E-state index in [9.17, 15) is 17.6 Å². The summed E-state index contributed by atoms with van der Waals surface area (Å²) >= 11 is 12.6. The summed E-state index contributed by atoms with van der Waals surface area (Å²) in [6.45, 7) is 3.64. The Labute approximate surface area is 232 Å². The molecule has 2 heterocycles. The number of ether oxygens (including phenoxy) is 2. The van der Waals surface area contributed by atoms with Gasteiger partial charge in [0, 0.05) is 28.1 Å². The van der Waals surface area contributed by atoms with Gasteiger partial charge in [0.1, 0.15) is 11.6 Å². The minimum Gasteiger partial charge on any atom is -0.493 e. The number of piperidine rings is 1. The third-order valence-electron chi connectivity index (χ3n) is 7.49. The molecule has 2 aromatic rings. The summed E-state index contributed by atoms with van der Waals surface area (Å²) in [5, 5.41) is 1.25. The van der Waals surface area contributed by atoms with Crippen LogP contribution >= 0.6 is 23.2 Å². The van der Waals surface area contributed by atoms with Gasteiger partial charge < -0.3 is 9.47 Å². The van der Waals surface area contributed by atoms with Crippen LogP contribution in [0.3, 0.4) is 0 Å². The van der Waals surface area contributed by atoms with Crippen molar-refractivity contribution in [2.45, 2.75) is 37.6 Å². The van der Waals surface area contributed by atoms with Crippen molar-refractivity contribution < 1.29 is 27.1 Å². The highest BCUT2D eigenvalue weighted by atomic mass is 35.5. The fourth-order valence-electron chi connectivity index (χ4n) is 5.38. The first-order valence-corrected chi connectivity index (χ1v) is 15.5. The van der Waals surface area contributed by atoms with E-state index in [1.165, 1.54) is 12.1 Å². The maximum Gasteiger partial charge on any atom is 0.267 e. The number of halogens is 3. The molecule has 3 aliphatic rings. The van der Waals surface area contributed by atoms with Gasteiger partial charge in [0.25, 0.3) is 5.91 Å². The molecule has 206 valence electrons. The van der Waals surface area contributed by atoms with Gasteiger partial charge >= 0.3 is 0 Å². The molecule has 1 atom stereocenters. The minimum absolute atomic E-state index is 0.183. The molecule has 38 heavy (non-hydrogen) atoms. The lowest BCUT2D eigenvalue weighted by atomic mass is 9.87. The Morgan fingerprint density at radius 2 is 1.76 bits per heavy atom. The van der Waals surface area contributed by atoms with E-state index >= 15 is 0 Å². The number of amides is 1. The quantitative estimate of drug-likeness (QED) is 0.437. The van der Waals surface area contributed by atoms with E-state index in [0.29, 0.717) is 47.5 Å². The normalized spacial score (nSPS) is 20.1. The van der Waals surface area contributed by atoms with Crippen LogP contribution < -0.4 is 9.46 Å². The first-order valence-electron chi connectivity index (χ1n) is 12.8. The van der Waals surface area contributed by atoms with Gasteiger partial charge in [-0.3, -0.25) is 9.69 Å². The highest BCUT2D eigenvalue weighted by Gasteiger charge is 2.36. The summed E-state index contributed by atoms with van der Waals surface area (Å²) in [4.78, 5) is 14.8. The highest BCUT2D eigenvalue weighted by Crippen LogP contribution is 2.45. The fraction of sp³-hybridized carbons (Fsp3) is 0.519. The Bertz CT molecular complexity index is 1290.